The lowest BCUT2D eigenvalue weighted by molar-refractivity contribution is 0.620. The molecule has 56 heavy (non-hydrogen) atoms. The molecule has 0 saturated carbocycles. The third kappa shape index (κ3) is 5.51. The van der Waals surface area contributed by atoms with Crippen LogP contribution in [0.25, 0.3) is 112 Å². The molecule has 6 heteroatoms. The van der Waals surface area contributed by atoms with E-state index in [1.807, 2.05) is 84.9 Å². The Hall–Kier alpha value is -7.70. The molecule has 3 heterocycles. The minimum atomic E-state index is 0.587. The first kappa shape index (κ1) is 31.8. The largest absolute Gasteiger partial charge is 0.456 e. The number of fused-ring (bicyclic) bond motifs is 5. The van der Waals surface area contributed by atoms with Crippen molar-refractivity contribution >= 4 is 43.8 Å². The van der Waals surface area contributed by atoms with Gasteiger partial charge < -0.3 is 8.83 Å². The Labute approximate surface area is 321 Å². The molecule has 0 N–H and O–H groups in total. The van der Waals surface area contributed by atoms with Gasteiger partial charge in [-0.15, -0.1) is 0 Å². The van der Waals surface area contributed by atoms with Crippen LogP contribution in [0.5, 0.6) is 0 Å². The average Bonchev–Trinajstić information content (AvgIpc) is 3.88. The van der Waals surface area contributed by atoms with Crippen LogP contribution in [0.4, 0.5) is 0 Å². The minimum Gasteiger partial charge on any atom is -0.456 e. The summed E-state index contributed by atoms with van der Waals surface area (Å²) in [5.41, 5.74) is 11.0. The molecule has 3 aromatic heterocycles. The maximum absolute atomic E-state index is 6.53. The van der Waals surface area contributed by atoms with Crippen molar-refractivity contribution in [1.29, 1.82) is 0 Å². The highest BCUT2D eigenvalue weighted by Gasteiger charge is 2.19. The second-order valence-electron chi connectivity index (χ2n) is 13.8. The van der Waals surface area contributed by atoms with Crippen molar-refractivity contribution in [3.05, 3.63) is 182 Å². The molecule has 262 valence electrons. The predicted octanol–water partition coefficient (Wildman–Crippen LogP) is 13.1. The van der Waals surface area contributed by atoms with Crippen molar-refractivity contribution in [1.82, 2.24) is 19.9 Å². The number of hydrogen-bond acceptors (Lipinski definition) is 6. The Morgan fingerprint density at radius 2 is 0.946 bits per heavy atom. The monoisotopic (exact) mass is 718 g/mol. The molecule has 0 spiro atoms. The van der Waals surface area contributed by atoms with Crippen LogP contribution in [0.1, 0.15) is 0 Å². The van der Waals surface area contributed by atoms with Gasteiger partial charge in [0.05, 0.1) is 0 Å². The van der Waals surface area contributed by atoms with Crippen molar-refractivity contribution in [3.8, 4) is 67.9 Å². The van der Waals surface area contributed by atoms with Gasteiger partial charge in [0.25, 0.3) is 0 Å². The zero-order chi connectivity index (χ0) is 37.0. The van der Waals surface area contributed by atoms with Gasteiger partial charge in [-0.05, 0) is 75.5 Å². The maximum Gasteiger partial charge on any atom is 0.227 e. The van der Waals surface area contributed by atoms with Crippen LogP contribution in [0.2, 0.25) is 0 Å². The van der Waals surface area contributed by atoms with Gasteiger partial charge in [0, 0.05) is 33.0 Å². The molecule has 0 bridgehead atoms. The number of nitrogens with zero attached hydrogens (tertiary/aromatic N) is 4. The fourth-order valence-corrected chi connectivity index (χ4v) is 7.65. The molecule has 6 nitrogen and oxygen atoms in total. The highest BCUT2D eigenvalue weighted by Crippen LogP contribution is 2.39. The Morgan fingerprint density at radius 1 is 0.321 bits per heavy atom. The van der Waals surface area contributed by atoms with Gasteiger partial charge in [-0.3, -0.25) is 0 Å². The summed E-state index contributed by atoms with van der Waals surface area (Å²) in [5.74, 6) is 2.41. The summed E-state index contributed by atoms with van der Waals surface area (Å²) in [6, 6.07) is 61.8. The molecule has 0 unspecified atom stereocenters. The third-order valence-corrected chi connectivity index (χ3v) is 10.4. The SMILES string of the molecule is c1ccc(-c2nc(-c3ccccc3)nc(-c3cccc4oc5cc(-c6ccc7oc(-c8cccc(-c9cccc%10ccccc9%10)c8)nc7c6)ccc5c34)n2)cc1. The molecular weight excluding hydrogens is 689 g/mol. The summed E-state index contributed by atoms with van der Waals surface area (Å²) < 4.78 is 12.8. The van der Waals surface area contributed by atoms with Gasteiger partial charge in [-0.1, -0.05) is 140 Å². The van der Waals surface area contributed by atoms with E-state index in [9.17, 15) is 0 Å². The van der Waals surface area contributed by atoms with Crippen molar-refractivity contribution in [3.63, 3.8) is 0 Å². The molecule has 0 aliphatic rings. The number of oxazole rings is 1. The Kier molecular flexibility index (Phi) is 7.38. The lowest BCUT2D eigenvalue weighted by atomic mass is 9.97. The summed E-state index contributed by atoms with van der Waals surface area (Å²) in [6.07, 6.45) is 0. The lowest BCUT2D eigenvalue weighted by Gasteiger charge is -2.09. The van der Waals surface area contributed by atoms with Gasteiger partial charge in [-0.25, -0.2) is 19.9 Å². The quantitative estimate of drug-likeness (QED) is 0.170. The molecule has 11 rings (SSSR count). The van der Waals surface area contributed by atoms with Crippen LogP contribution in [-0.4, -0.2) is 19.9 Å². The van der Waals surface area contributed by atoms with E-state index in [-0.39, 0.29) is 0 Å². The van der Waals surface area contributed by atoms with E-state index in [1.165, 1.54) is 16.3 Å². The third-order valence-electron chi connectivity index (χ3n) is 10.4. The van der Waals surface area contributed by atoms with Crippen molar-refractivity contribution in [2.24, 2.45) is 0 Å². The van der Waals surface area contributed by atoms with Gasteiger partial charge in [-0.2, -0.15) is 0 Å². The van der Waals surface area contributed by atoms with Crippen molar-refractivity contribution < 1.29 is 8.83 Å². The Balaban J connectivity index is 0.968. The smallest absolute Gasteiger partial charge is 0.227 e. The van der Waals surface area contributed by atoms with Gasteiger partial charge in [0.1, 0.15) is 16.7 Å². The summed E-state index contributed by atoms with van der Waals surface area (Å²) in [5, 5.41) is 4.37. The van der Waals surface area contributed by atoms with Crippen LogP contribution in [-0.2, 0) is 0 Å². The number of hydrogen-bond donors (Lipinski definition) is 0. The molecule has 0 saturated heterocycles. The normalized spacial score (nSPS) is 11.6. The summed E-state index contributed by atoms with van der Waals surface area (Å²) in [6.45, 7) is 0. The van der Waals surface area contributed by atoms with Crippen molar-refractivity contribution in [2.45, 2.75) is 0 Å². The topological polar surface area (TPSA) is 77.8 Å². The molecule has 8 aromatic carbocycles. The Bertz CT molecular complexity index is 3200. The summed E-state index contributed by atoms with van der Waals surface area (Å²) >= 11 is 0. The molecule has 0 atom stereocenters. The second kappa shape index (κ2) is 13.0. The van der Waals surface area contributed by atoms with E-state index >= 15 is 0 Å². The van der Waals surface area contributed by atoms with E-state index in [4.69, 9.17) is 28.8 Å². The molecule has 0 aliphatic heterocycles. The molecule has 0 fully saturated rings. The standard InChI is InChI=1S/C50H30N4O2/c1-3-13-32(14-4-1)47-52-48(33-15-5-2-6-16-33)54-49(53-47)41-22-11-23-44-46(41)40-26-24-35(30-45(40)55-44)34-25-27-43-42(29-34)51-50(56-43)37-19-9-18-36(28-37)39-21-10-17-31-12-7-8-20-38(31)39/h1-30H. The van der Waals surface area contributed by atoms with Gasteiger partial charge >= 0.3 is 0 Å². The fourth-order valence-electron chi connectivity index (χ4n) is 7.65. The number of aromatic nitrogens is 4. The maximum atomic E-state index is 6.53. The lowest BCUT2D eigenvalue weighted by Crippen LogP contribution is -2.00. The number of benzene rings is 8. The predicted molar refractivity (Wildman–Crippen MR) is 225 cm³/mol. The zero-order valence-corrected chi connectivity index (χ0v) is 29.9. The number of furan rings is 1. The van der Waals surface area contributed by atoms with Crippen LogP contribution >= 0.6 is 0 Å². The van der Waals surface area contributed by atoms with Crippen LogP contribution < -0.4 is 0 Å². The minimum absolute atomic E-state index is 0.587. The summed E-state index contributed by atoms with van der Waals surface area (Å²) in [4.78, 5) is 19.9. The van der Waals surface area contributed by atoms with Crippen molar-refractivity contribution in [2.75, 3.05) is 0 Å². The first-order valence-electron chi connectivity index (χ1n) is 18.5. The van der Waals surface area contributed by atoms with E-state index in [0.717, 1.165) is 72.0 Å². The molecule has 0 radical (unpaired) electrons. The average molecular weight is 719 g/mol. The van der Waals surface area contributed by atoms with Gasteiger partial charge in [0.15, 0.2) is 23.1 Å². The highest BCUT2D eigenvalue weighted by atomic mass is 16.3. The molecular formula is C50H30N4O2. The van der Waals surface area contributed by atoms with E-state index in [2.05, 4.69) is 97.1 Å². The van der Waals surface area contributed by atoms with Crippen LogP contribution in [0, 0.1) is 0 Å². The first-order chi connectivity index (χ1) is 27.7. The highest BCUT2D eigenvalue weighted by molar-refractivity contribution is 6.12. The van der Waals surface area contributed by atoms with E-state index < -0.39 is 0 Å². The second-order valence-corrected chi connectivity index (χ2v) is 13.8. The Morgan fingerprint density at radius 3 is 1.77 bits per heavy atom. The van der Waals surface area contributed by atoms with Crippen LogP contribution in [0.15, 0.2) is 191 Å². The first-order valence-corrected chi connectivity index (χ1v) is 18.5. The van der Waals surface area contributed by atoms with E-state index in [1.54, 1.807) is 0 Å². The molecule has 11 aromatic rings. The zero-order valence-electron chi connectivity index (χ0n) is 29.9. The number of rotatable bonds is 6. The van der Waals surface area contributed by atoms with Gasteiger partial charge in [0.2, 0.25) is 5.89 Å². The van der Waals surface area contributed by atoms with E-state index in [0.29, 0.717) is 23.4 Å². The summed E-state index contributed by atoms with van der Waals surface area (Å²) in [7, 11) is 0. The molecule has 0 aliphatic carbocycles. The fraction of sp³-hybridized carbons (Fsp3) is 0. The van der Waals surface area contributed by atoms with Crippen LogP contribution in [0.3, 0.4) is 0 Å². The molecule has 0 amide bonds.